The van der Waals surface area contributed by atoms with Gasteiger partial charge in [0.25, 0.3) is 0 Å². The van der Waals surface area contributed by atoms with Gasteiger partial charge in [-0.2, -0.15) is 0 Å². The normalized spacial score (nSPS) is 10.9. The van der Waals surface area contributed by atoms with E-state index in [1.165, 1.54) is 5.56 Å². The number of methoxy groups -OCH3 is 1. The monoisotopic (exact) mass is 278 g/mol. The molecule has 0 saturated heterocycles. The number of nitrogens with zero attached hydrogens (tertiary/aromatic N) is 4. The fourth-order valence-electron chi connectivity index (χ4n) is 1.66. The molecule has 0 bridgehead atoms. The van der Waals surface area contributed by atoms with Crippen LogP contribution in [0.15, 0.2) is 29.4 Å². The first-order valence-corrected chi connectivity index (χ1v) is 7.23. The lowest BCUT2D eigenvalue weighted by molar-refractivity contribution is 0.414. The van der Waals surface area contributed by atoms with Crippen LogP contribution in [0.5, 0.6) is 5.75 Å². The van der Waals surface area contributed by atoms with Gasteiger partial charge in [-0.25, -0.2) is 4.68 Å². The van der Waals surface area contributed by atoms with Gasteiger partial charge < -0.3 is 4.74 Å². The Bertz CT molecular complexity index is 510. The summed E-state index contributed by atoms with van der Waals surface area (Å²) in [6.45, 7) is 4.15. The summed E-state index contributed by atoms with van der Waals surface area (Å²) < 4.78 is 6.99. The van der Waals surface area contributed by atoms with Crippen LogP contribution < -0.4 is 4.74 Å². The molecule has 19 heavy (non-hydrogen) atoms. The van der Waals surface area contributed by atoms with E-state index in [4.69, 9.17) is 4.74 Å². The molecule has 0 aliphatic rings. The Morgan fingerprint density at radius 3 is 2.63 bits per heavy atom. The van der Waals surface area contributed by atoms with Gasteiger partial charge >= 0.3 is 0 Å². The van der Waals surface area contributed by atoms with Crippen molar-refractivity contribution in [2.24, 2.45) is 0 Å². The number of hydrogen-bond donors (Lipinski definition) is 0. The van der Waals surface area contributed by atoms with Crippen LogP contribution >= 0.6 is 11.8 Å². The largest absolute Gasteiger partial charge is 0.497 e. The predicted octanol–water partition coefficient (Wildman–Crippen LogP) is 2.60. The lowest BCUT2D eigenvalue weighted by atomic mass is 10.2. The summed E-state index contributed by atoms with van der Waals surface area (Å²) in [6.07, 6.45) is 0.986. The Labute approximate surface area is 117 Å². The Morgan fingerprint density at radius 1 is 1.26 bits per heavy atom. The quantitative estimate of drug-likeness (QED) is 0.760. The smallest absolute Gasteiger partial charge is 0.209 e. The molecule has 0 radical (unpaired) electrons. The second-order valence-electron chi connectivity index (χ2n) is 4.45. The van der Waals surface area contributed by atoms with Crippen LogP contribution in [-0.4, -0.2) is 33.1 Å². The molecule has 5 nitrogen and oxygen atoms in total. The predicted molar refractivity (Wildman–Crippen MR) is 75.6 cm³/mol. The highest BCUT2D eigenvalue weighted by Crippen LogP contribution is 2.19. The third kappa shape index (κ3) is 3.70. The number of ether oxygens (including phenoxy) is 1. The van der Waals surface area contributed by atoms with Crippen molar-refractivity contribution in [2.75, 3.05) is 12.9 Å². The number of hydrogen-bond acceptors (Lipinski definition) is 5. The highest BCUT2D eigenvalue weighted by molar-refractivity contribution is 7.99. The molecule has 2 rings (SSSR count). The summed E-state index contributed by atoms with van der Waals surface area (Å²) in [7, 11) is 1.68. The first kappa shape index (κ1) is 13.9. The van der Waals surface area contributed by atoms with E-state index in [0.29, 0.717) is 6.04 Å². The third-order valence-corrected chi connectivity index (χ3v) is 3.67. The van der Waals surface area contributed by atoms with Crippen molar-refractivity contribution in [3.63, 3.8) is 0 Å². The molecule has 0 spiro atoms. The van der Waals surface area contributed by atoms with Crippen molar-refractivity contribution >= 4 is 11.8 Å². The summed E-state index contributed by atoms with van der Waals surface area (Å²) in [6, 6.07) is 8.44. The molecule has 2 aromatic rings. The zero-order chi connectivity index (χ0) is 13.7. The van der Waals surface area contributed by atoms with Crippen LogP contribution in [0.2, 0.25) is 0 Å². The van der Waals surface area contributed by atoms with Gasteiger partial charge in [0.15, 0.2) is 0 Å². The number of tetrazole rings is 1. The minimum absolute atomic E-state index is 0.290. The van der Waals surface area contributed by atoms with Crippen molar-refractivity contribution in [2.45, 2.75) is 31.5 Å². The van der Waals surface area contributed by atoms with Gasteiger partial charge in [-0.05, 0) is 48.4 Å². The van der Waals surface area contributed by atoms with E-state index in [-0.39, 0.29) is 0 Å². The number of benzene rings is 1. The molecule has 0 amide bonds. The van der Waals surface area contributed by atoms with Crippen molar-refractivity contribution in [1.82, 2.24) is 20.2 Å². The van der Waals surface area contributed by atoms with Crippen molar-refractivity contribution in [3.8, 4) is 5.75 Å². The Balaban J connectivity index is 1.87. The fourth-order valence-corrected chi connectivity index (χ4v) is 2.65. The van der Waals surface area contributed by atoms with Crippen LogP contribution in [-0.2, 0) is 6.42 Å². The molecule has 0 atom stereocenters. The molecule has 1 heterocycles. The number of aromatic nitrogens is 4. The molecule has 0 unspecified atom stereocenters. The van der Waals surface area contributed by atoms with Gasteiger partial charge in [0.2, 0.25) is 5.16 Å². The second-order valence-corrected chi connectivity index (χ2v) is 5.51. The lowest BCUT2D eigenvalue weighted by Gasteiger charge is -2.07. The highest BCUT2D eigenvalue weighted by Gasteiger charge is 2.09. The maximum Gasteiger partial charge on any atom is 0.209 e. The Morgan fingerprint density at radius 2 is 2.00 bits per heavy atom. The molecule has 102 valence electrons. The van der Waals surface area contributed by atoms with E-state index in [9.17, 15) is 0 Å². The maximum absolute atomic E-state index is 5.14. The minimum Gasteiger partial charge on any atom is -0.497 e. The number of thioether (sulfide) groups is 1. The van der Waals surface area contributed by atoms with Gasteiger partial charge in [-0.15, -0.1) is 5.10 Å². The van der Waals surface area contributed by atoms with Gasteiger partial charge in [0, 0.05) is 5.75 Å². The summed E-state index contributed by atoms with van der Waals surface area (Å²) in [5, 5.41) is 12.6. The van der Waals surface area contributed by atoms with E-state index >= 15 is 0 Å². The van der Waals surface area contributed by atoms with E-state index in [0.717, 1.165) is 23.1 Å². The zero-order valence-corrected chi connectivity index (χ0v) is 12.2. The van der Waals surface area contributed by atoms with Crippen LogP contribution in [0.1, 0.15) is 25.5 Å². The first-order valence-electron chi connectivity index (χ1n) is 6.24. The molecular weight excluding hydrogens is 260 g/mol. The van der Waals surface area contributed by atoms with E-state index in [1.807, 2.05) is 16.8 Å². The number of rotatable bonds is 6. The Hall–Kier alpha value is -1.56. The second kappa shape index (κ2) is 6.56. The third-order valence-electron chi connectivity index (χ3n) is 2.73. The average molecular weight is 278 g/mol. The summed E-state index contributed by atoms with van der Waals surface area (Å²) in [5.41, 5.74) is 1.29. The van der Waals surface area contributed by atoms with Gasteiger partial charge in [0.05, 0.1) is 13.2 Å². The van der Waals surface area contributed by atoms with Crippen LogP contribution in [0, 0.1) is 0 Å². The summed E-state index contributed by atoms with van der Waals surface area (Å²) in [4.78, 5) is 0. The topological polar surface area (TPSA) is 52.8 Å². The van der Waals surface area contributed by atoms with Crippen molar-refractivity contribution in [3.05, 3.63) is 29.8 Å². The van der Waals surface area contributed by atoms with Crippen molar-refractivity contribution in [1.29, 1.82) is 0 Å². The zero-order valence-electron chi connectivity index (χ0n) is 11.4. The molecular formula is C13H18N4OS. The molecule has 0 fully saturated rings. The molecule has 6 heteroatoms. The van der Waals surface area contributed by atoms with Crippen LogP contribution in [0.4, 0.5) is 0 Å². The SMILES string of the molecule is COc1ccc(CCSc2nnnn2C(C)C)cc1. The van der Waals surface area contributed by atoms with Crippen LogP contribution in [0.25, 0.3) is 0 Å². The average Bonchev–Trinajstić information content (AvgIpc) is 2.88. The van der Waals surface area contributed by atoms with Gasteiger partial charge in [-0.1, -0.05) is 23.9 Å². The maximum atomic E-state index is 5.14. The molecule has 0 aliphatic heterocycles. The summed E-state index contributed by atoms with van der Waals surface area (Å²) >= 11 is 1.68. The van der Waals surface area contributed by atoms with E-state index < -0.39 is 0 Å². The lowest BCUT2D eigenvalue weighted by Crippen LogP contribution is -2.05. The Kier molecular flexibility index (Phi) is 4.79. The molecule has 0 aliphatic carbocycles. The first-order chi connectivity index (χ1) is 9.20. The van der Waals surface area contributed by atoms with Crippen LogP contribution in [0.3, 0.4) is 0 Å². The van der Waals surface area contributed by atoms with Gasteiger partial charge in [-0.3, -0.25) is 0 Å². The molecule has 0 N–H and O–H groups in total. The van der Waals surface area contributed by atoms with Gasteiger partial charge in [0.1, 0.15) is 5.75 Å². The van der Waals surface area contributed by atoms with Crippen molar-refractivity contribution < 1.29 is 4.74 Å². The van der Waals surface area contributed by atoms with E-state index in [2.05, 4.69) is 41.5 Å². The standard InChI is InChI=1S/C13H18N4OS/c1-10(2)17-13(14-15-16-17)19-9-8-11-4-6-12(18-3)7-5-11/h4-7,10H,8-9H2,1-3H3. The minimum atomic E-state index is 0.290. The molecule has 0 saturated carbocycles. The highest BCUT2D eigenvalue weighted by atomic mass is 32.2. The fraction of sp³-hybridized carbons (Fsp3) is 0.462. The van der Waals surface area contributed by atoms with E-state index in [1.54, 1.807) is 18.9 Å². The number of aryl methyl sites for hydroxylation is 1. The molecule has 1 aromatic heterocycles. The molecule has 1 aromatic carbocycles. The summed E-state index contributed by atoms with van der Waals surface area (Å²) in [5.74, 6) is 1.85.